The fraction of sp³-hybridized carbons (Fsp3) is 0.429. The minimum Gasteiger partial charge on any atom is -0.346 e. The SMILES string of the molecule is NCCCC[C@@H](NC(=O)[C@H]1CCCN(C(=O)CCc2ccccc2)C1)C(=O)c1nc2ccccc2s1. The molecule has 2 aromatic carbocycles. The summed E-state index contributed by atoms with van der Waals surface area (Å²) < 4.78 is 0.949. The van der Waals surface area contributed by atoms with Crippen LogP contribution < -0.4 is 11.1 Å². The Kier molecular flexibility index (Phi) is 9.19. The third-order valence-electron chi connectivity index (χ3n) is 6.70. The molecule has 0 radical (unpaired) electrons. The van der Waals surface area contributed by atoms with Gasteiger partial charge in [-0.25, -0.2) is 4.98 Å². The number of hydrogen-bond acceptors (Lipinski definition) is 6. The van der Waals surface area contributed by atoms with Crippen molar-refractivity contribution in [1.29, 1.82) is 0 Å². The summed E-state index contributed by atoms with van der Waals surface area (Å²) in [6.07, 6.45) is 4.64. The highest BCUT2D eigenvalue weighted by molar-refractivity contribution is 7.20. The molecule has 0 saturated carbocycles. The van der Waals surface area contributed by atoms with Gasteiger partial charge in [0.2, 0.25) is 17.6 Å². The lowest BCUT2D eigenvalue weighted by molar-refractivity contribution is -0.135. The van der Waals surface area contributed by atoms with Gasteiger partial charge in [-0.1, -0.05) is 42.5 Å². The average Bonchev–Trinajstić information content (AvgIpc) is 3.36. The molecular formula is C28H34N4O3S. The number of hydrogen-bond donors (Lipinski definition) is 2. The van der Waals surface area contributed by atoms with Crippen LogP contribution in [0.25, 0.3) is 10.2 Å². The molecule has 0 unspecified atom stereocenters. The number of thiazole rings is 1. The number of ketones is 1. The summed E-state index contributed by atoms with van der Waals surface area (Å²) in [4.78, 5) is 45.7. The molecule has 8 heteroatoms. The van der Waals surface area contributed by atoms with Crippen molar-refractivity contribution in [3.63, 3.8) is 0 Å². The van der Waals surface area contributed by atoms with Crippen LogP contribution in [0.15, 0.2) is 54.6 Å². The van der Waals surface area contributed by atoms with Crippen molar-refractivity contribution in [2.45, 2.75) is 51.0 Å². The van der Waals surface area contributed by atoms with E-state index in [0.29, 0.717) is 50.3 Å². The fourth-order valence-corrected chi connectivity index (χ4v) is 5.61. The number of carbonyl (C=O) groups is 3. The Balaban J connectivity index is 1.38. The molecule has 2 heterocycles. The number of para-hydroxylation sites is 1. The minimum absolute atomic E-state index is 0.0707. The van der Waals surface area contributed by atoms with Crippen LogP contribution in [-0.4, -0.2) is 53.2 Å². The maximum Gasteiger partial charge on any atom is 0.225 e. The van der Waals surface area contributed by atoms with Gasteiger partial charge >= 0.3 is 0 Å². The van der Waals surface area contributed by atoms with E-state index in [4.69, 9.17) is 5.73 Å². The zero-order valence-electron chi connectivity index (χ0n) is 20.5. The predicted octanol–water partition coefficient (Wildman–Crippen LogP) is 3.96. The number of nitrogens with two attached hydrogens (primary N) is 1. The summed E-state index contributed by atoms with van der Waals surface area (Å²) >= 11 is 1.35. The molecule has 7 nitrogen and oxygen atoms in total. The molecule has 0 aliphatic carbocycles. The molecule has 1 saturated heterocycles. The molecule has 0 spiro atoms. The van der Waals surface area contributed by atoms with E-state index in [-0.39, 0.29) is 23.5 Å². The molecule has 1 aromatic heterocycles. The van der Waals surface area contributed by atoms with Gasteiger partial charge in [0.05, 0.1) is 22.2 Å². The van der Waals surface area contributed by atoms with Gasteiger partial charge in [0, 0.05) is 19.5 Å². The highest BCUT2D eigenvalue weighted by atomic mass is 32.1. The molecule has 3 aromatic rings. The zero-order valence-corrected chi connectivity index (χ0v) is 21.3. The van der Waals surface area contributed by atoms with Crippen molar-refractivity contribution >= 4 is 39.2 Å². The number of unbranched alkanes of at least 4 members (excludes halogenated alkanes) is 1. The summed E-state index contributed by atoms with van der Waals surface area (Å²) in [5, 5.41) is 3.42. The smallest absolute Gasteiger partial charge is 0.225 e. The second-order valence-corrected chi connectivity index (χ2v) is 10.4. The van der Waals surface area contributed by atoms with Crippen molar-refractivity contribution in [1.82, 2.24) is 15.2 Å². The molecular weight excluding hydrogens is 472 g/mol. The number of aryl methyl sites for hydroxylation is 1. The maximum atomic E-state index is 13.4. The first kappa shape index (κ1) is 26.0. The number of amides is 2. The van der Waals surface area contributed by atoms with E-state index in [1.807, 2.05) is 54.6 Å². The molecule has 2 atom stereocenters. The van der Waals surface area contributed by atoms with Gasteiger partial charge in [0.15, 0.2) is 5.01 Å². The predicted molar refractivity (Wildman–Crippen MR) is 143 cm³/mol. The first-order chi connectivity index (χ1) is 17.5. The zero-order chi connectivity index (χ0) is 25.3. The van der Waals surface area contributed by atoms with Crippen LogP contribution in [0.5, 0.6) is 0 Å². The maximum absolute atomic E-state index is 13.4. The molecule has 1 aliphatic heterocycles. The van der Waals surface area contributed by atoms with Gasteiger partial charge in [-0.2, -0.15) is 0 Å². The Morgan fingerprint density at radius 2 is 1.86 bits per heavy atom. The Hall–Kier alpha value is -3.10. The van der Waals surface area contributed by atoms with E-state index < -0.39 is 6.04 Å². The number of piperidine rings is 1. The van der Waals surface area contributed by atoms with Crippen LogP contribution in [0, 0.1) is 5.92 Å². The number of nitrogens with zero attached hydrogens (tertiary/aromatic N) is 2. The summed E-state index contributed by atoms with van der Waals surface area (Å²) in [5.41, 5.74) is 7.57. The lowest BCUT2D eigenvalue weighted by atomic mass is 9.95. The molecule has 3 N–H and O–H groups in total. The van der Waals surface area contributed by atoms with E-state index in [9.17, 15) is 14.4 Å². The average molecular weight is 507 g/mol. The van der Waals surface area contributed by atoms with Crippen LogP contribution in [0.2, 0.25) is 0 Å². The lowest BCUT2D eigenvalue weighted by Crippen LogP contribution is -2.49. The number of Topliss-reactive ketones (excluding diaryl/α,β-unsaturated/α-hetero) is 1. The topological polar surface area (TPSA) is 105 Å². The Bertz CT molecular complexity index is 1150. The second kappa shape index (κ2) is 12.7. The van der Waals surface area contributed by atoms with Crippen LogP contribution in [0.4, 0.5) is 0 Å². The minimum atomic E-state index is -0.645. The van der Waals surface area contributed by atoms with Crippen molar-refractivity contribution in [2.75, 3.05) is 19.6 Å². The first-order valence-corrected chi connectivity index (χ1v) is 13.6. The van der Waals surface area contributed by atoms with Gasteiger partial charge in [-0.15, -0.1) is 11.3 Å². The molecule has 2 amide bonds. The summed E-state index contributed by atoms with van der Waals surface area (Å²) in [6.45, 7) is 1.60. The van der Waals surface area contributed by atoms with E-state index in [2.05, 4.69) is 10.3 Å². The Labute approximate surface area is 216 Å². The van der Waals surface area contributed by atoms with E-state index >= 15 is 0 Å². The van der Waals surface area contributed by atoms with Gasteiger partial charge in [-0.3, -0.25) is 14.4 Å². The van der Waals surface area contributed by atoms with Crippen LogP contribution in [0.3, 0.4) is 0 Å². The second-order valence-electron chi connectivity index (χ2n) is 9.36. The van der Waals surface area contributed by atoms with Gasteiger partial charge in [0.25, 0.3) is 0 Å². The third kappa shape index (κ3) is 6.77. The molecule has 36 heavy (non-hydrogen) atoms. The Morgan fingerprint density at radius 3 is 2.64 bits per heavy atom. The van der Waals surface area contributed by atoms with Gasteiger partial charge in [-0.05, 0) is 62.8 Å². The molecule has 1 fully saturated rings. The fourth-order valence-electron chi connectivity index (χ4n) is 4.65. The lowest BCUT2D eigenvalue weighted by Gasteiger charge is -2.33. The number of carbonyl (C=O) groups excluding carboxylic acids is 3. The number of likely N-dealkylation sites (tertiary alicyclic amines) is 1. The normalized spacial score (nSPS) is 16.6. The summed E-state index contributed by atoms with van der Waals surface area (Å²) in [6, 6.07) is 16.9. The van der Waals surface area contributed by atoms with Crippen LogP contribution in [-0.2, 0) is 16.0 Å². The van der Waals surface area contributed by atoms with Gasteiger partial charge in [0.1, 0.15) is 0 Å². The quantitative estimate of drug-likeness (QED) is 0.302. The highest BCUT2D eigenvalue weighted by Crippen LogP contribution is 2.24. The molecule has 1 aliphatic rings. The van der Waals surface area contributed by atoms with Crippen molar-refractivity contribution < 1.29 is 14.4 Å². The van der Waals surface area contributed by atoms with Crippen LogP contribution >= 0.6 is 11.3 Å². The largest absolute Gasteiger partial charge is 0.346 e. The van der Waals surface area contributed by atoms with Crippen LogP contribution in [0.1, 0.15) is 53.9 Å². The number of nitrogens with one attached hydrogen (secondary N) is 1. The summed E-state index contributed by atoms with van der Waals surface area (Å²) in [7, 11) is 0. The third-order valence-corrected chi connectivity index (χ3v) is 7.75. The summed E-state index contributed by atoms with van der Waals surface area (Å²) in [5.74, 6) is -0.572. The first-order valence-electron chi connectivity index (χ1n) is 12.8. The van der Waals surface area contributed by atoms with E-state index in [1.54, 1.807) is 4.90 Å². The highest BCUT2D eigenvalue weighted by Gasteiger charge is 2.31. The molecule has 190 valence electrons. The number of rotatable bonds is 11. The standard InChI is InChI=1S/C28H34N4O3S/c29-17-7-6-13-23(26(34)28-31-22-12-4-5-14-24(22)36-28)30-27(35)21-11-8-18-32(19-21)25(33)16-15-20-9-2-1-3-10-20/h1-5,9-10,12,14,21,23H,6-8,11,13,15-19,29H2,(H,30,35)/t21-,23+/m0/s1. The monoisotopic (exact) mass is 506 g/mol. The van der Waals surface area contributed by atoms with E-state index in [0.717, 1.165) is 35.0 Å². The number of aromatic nitrogens is 1. The van der Waals surface area contributed by atoms with Crippen molar-refractivity contribution in [3.05, 3.63) is 65.2 Å². The molecule has 0 bridgehead atoms. The number of benzene rings is 2. The molecule has 4 rings (SSSR count). The van der Waals surface area contributed by atoms with Crippen molar-refractivity contribution in [3.8, 4) is 0 Å². The van der Waals surface area contributed by atoms with E-state index in [1.165, 1.54) is 11.3 Å². The number of fused-ring (bicyclic) bond motifs is 1. The van der Waals surface area contributed by atoms with Crippen molar-refractivity contribution in [2.24, 2.45) is 11.7 Å². The Morgan fingerprint density at radius 1 is 1.08 bits per heavy atom. The van der Waals surface area contributed by atoms with Gasteiger partial charge < -0.3 is 16.0 Å².